The topological polar surface area (TPSA) is 84.9 Å². The van der Waals surface area contributed by atoms with Gasteiger partial charge in [0.05, 0.1) is 17.5 Å². The zero-order valence-electron chi connectivity index (χ0n) is 11.3. The highest BCUT2D eigenvalue weighted by Gasteiger charge is 2.14. The van der Waals surface area contributed by atoms with Crippen LogP contribution >= 0.6 is 27.5 Å². The molecule has 8 heteroatoms. The van der Waals surface area contributed by atoms with Gasteiger partial charge >= 0.3 is 5.97 Å². The van der Waals surface area contributed by atoms with E-state index in [1.54, 1.807) is 18.2 Å². The Morgan fingerprint density at radius 2 is 2.19 bits per heavy atom. The van der Waals surface area contributed by atoms with Crippen LogP contribution in [0.5, 0.6) is 5.75 Å². The van der Waals surface area contributed by atoms with E-state index in [4.69, 9.17) is 26.2 Å². The van der Waals surface area contributed by atoms with Crippen LogP contribution in [-0.4, -0.2) is 43.3 Å². The second-order valence-electron chi connectivity index (χ2n) is 4.12. The van der Waals surface area contributed by atoms with Gasteiger partial charge in [-0.15, -0.1) is 0 Å². The zero-order valence-corrected chi connectivity index (χ0v) is 13.6. The second-order valence-corrected chi connectivity index (χ2v) is 5.45. The molecule has 116 valence electrons. The summed E-state index contributed by atoms with van der Waals surface area (Å²) in [5, 5.41) is 11.6. The molecule has 2 N–H and O–H groups in total. The lowest BCUT2D eigenvalue weighted by Crippen LogP contribution is -2.37. The SMILES string of the molecule is COC(CNC(=O)COc1ccc(Br)cc1Cl)CC(=O)O. The van der Waals surface area contributed by atoms with Crippen LogP contribution in [0, 0.1) is 0 Å². The molecule has 0 saturated carbocycles. The summed E-state index contributed by atoms with van der Waals surface area (Å²) in [6.45, 7) is -0.121. The van der Waals surface area contributed by atoms with Crippen LogP contribution < -0.4 is 10.1 Å². The smallest absolute Gasteiger partial charge is 0.306 e. The molecule has 1 rings (SSSR count). The molecule has 21 heavy (non-hydrogen) atoms. The fourth-order valence-electron chi connectivity index (χ4n) is 1.45. The Kier molecular flexibility index (Phi) is 7.49. The lowest BCUT2D eigenvalue weighted by molar-refractivity contribution is -0.140. The number of ether oxygens (including phenoxy) is 2. The van der Waals surface area contributed by atoms with Crippen molar-refractivity contribution in [2.24, 2.45) is 0 Å². The third-order valence-electron chi connectivity index (χ3n) is 2.52. The van der Waals surface area contributed by atoms with E-state index in [0.717, 1.165) is 4.47 Å². The molecule has 0 aliphatic heterocycles. The molecule has 0 spiro atoms. The molecule has 0 saturated heterocycles. The number of aliphatic carboxylic acids is 1. The highest BCUT2D eigenvalue weighted by molar-refractivity contribution is 9.10. The number of halogens is 2. The maximum Gasteiger partial charge on any atom is 0.306 e. The zero-order chi connectivity index (χ0) is 15.8. The maximum atomic E-state index is 11.6. The first-order valence-electron chi connectivity index (χ1n) is 6.01. The van der Waals surface area contributed by atoms with Crippen molar-refractivity contribution in [3.8, 4) is 5.75 Å². The fraction of sp³-hybridized carbons (Fsp3) is 0.385. The van der Waals surface area contributed by atoms with Crippen LogP contribution in [-0.2, 0) is 14.3 Å². The van der Waals surface area contributed by atoms with E-state index in [2.05, 4.69) is 21.2 Å². The molecular weight excluding hydrogens is 366 g/mol. The average molecular weight is 381 g/mol. The first-order chi connectivity index (χ1) is 9.92. The minimum absolute atomic E-state index is 0.0963. The molecule has 0 heterocycles. The van der Waals surface area contributed by atoms with E-state index in [9.17, 15) is 9.59 Å². The molecule has 1 atom stereocenters. The molecule has 0 aliphatic rings. The molecule has 1 unspecified atom stereocenters. The highest BCUT2D eigenvalue weighted by Crippen LogP contribution is 2.27. The van der Waals surface area contributed by atoms with E-state index in [1.807, 2.05) is 0 Å². The summed E-state index contributed by atoms with van der Waals surface area (Å²) in [5.41, 5.74) is 0. The van der Waals surface area contributed by atoms with Crippen molar-refractivity contribution in [3.63, 3.8) is 0 Å². The Morgan fingerprint density at radius 1 is 1.48 bits per heavy atom. The molecule has 1 aromatic carbocycles. The number of carboxylic acids is 1. The van der Waals surface area contributed by atoms with Crippen molar-refractivity contribution in [1.82, 2.24) is 5.32 Å². The molecular formula is C13H15BrClNO5. The van der Waals surface area contributed by atoms with Gasteiger partial charge in [0, 0.05) is 18.1 Å². The number of benzene rings is 1. The average Bonchev–Trinajstić information content (AvgIpc) is 2.42. The van der Waals surface area contributed by atoms with Gasteiger partial charge < -0.3 is 19.9 Å². The number of hydrogen-bond acceptors (Lipinski definition) is 4. The van der Waals surface area contributed by atoms with Crippen LogP contribution in [0.15, 0.2) is 22.7 Å². The van der Waals surface area contributed by atoms with E-state index < -0.39 is 12.1 Å². The quantitative estimate of drug-likeness (QED) is 0.721. The van der Waals surface area contributed by atoms with Crippen LogP contribution in [0.25, 0.3) is 0 Å². The number of hydrogen-bond donors (Lipinski definition) is 2. The predicted octanol–water partition coefficient (Wildman–Crippen LogP) is 2.09. The van der Waals surface area contributed by atoms with Crippen molar-refractivity contribution in [3.05, 3.63) is 27.7 Å². The maximum absolute atomic E-state index is 11.6. The minimum Gasteiger partial charge on any atom is -0.482 e. The Hall–Kier alpha value is -1.31. The number of methoxy groups -OCH3 is 1. The number of carbonyl (C=O) groups is 2. The Labute approximate surface area is 135 Å². The Bertz CT molecular complexity index is 511. The first kappa shape index (κ1) is 17.7. The van der Waals surface area contributed by atoms with Gasteiger partial charge in [-0.3, -0.25) is 9.59 Å². The standard InChI is InChI=1S/C13H15BrClNO5/c1-20-9(5-13(18)19)6-16-12(17)7-21-11-3-2-8(14)4-10(11)15/h2-4,9H,5-7H2,1H3,(H,16,17)(H,18,19). The van der Waals surface area contributed by atoms with E-state index >= 15 is 0 Å². The Morgan fingerprint density at radius 3 is 2.76 bits per heavy atom. The lowest BCUT2D eigenvalue weighted by atomic mass is 10.2. The van der Waals surface area contributed by atoms with Gasteiger partial charge in [0.15, 0.2) is 6.61 Å². The summed E-state index contributed by atoms with van der Waals surface area (Å²) in [6.07, 6.45) is -0.765. The number of nitrogens with one attached hydrogen (secondary N) is 1. The molecule has 0 aliphatic carbocycles. The lowest BCUT2D eigenvalue weighted by Gasteiger charge is -2.14. The van der Waals surface area contributed by atoms with Gasteiger partial charge in [-0.1, -0.05) is 27.5 Å². The first-order valence-corrected chi connectivity index (χ1v) is 7.18. The third kappa shape index (κ3) is 6.79. The number of rotatable bonds is 8. The largest absolute Gasteiger partial charge is 0.482 e. The van der Waals surface area contributed by atoms with Crippen molar-refractivity contribution in [2.45, 2.75) is 12.5 Å². The summed E-state index contributed by atoms with van der Waals surface area (Å²) >= 11 is 9.21. The molecule has 1 aromatic rings. The molecule has 0 fully saturated rings. The Balaban J connectivity index is 2.38. The summed E-state index contributed by atoms with van der Waals surface area (Å²) in [7, 11) is 1.39. The van der Waals surface area contributed by atoms with Gasteiger partial charge in [0.2, 0.25) is 0 Å². The van der Waals surface area contributed by atoms with Crippen molar-refractivity contribution < 1.29 is 24.2 Å². The van der Waals surface area contributed by atoms with Crippen LogP contribution in [0.2, 0.25) is 5.02 Å². The van der Waals surface area contributed by atoms with Gasteiger partial charge in [-0.25, -0.2) is 0 Å². The molecule has 0 bridgehead atoms. The summed E-state index contributed by atoms with van der Waals surface area (Å²) in [4.78, 5) is 22.2. The van der Waals surface area contributed by atoms with Crippen molar-refractivity contribution >= 4 is 39.4 Å². The highest BCUT2D eigenvalue weighted by atomic mass is 79.9. The van der Waals surface area contributed by atoms with Gasteiger partial charge in [0.25, 0.3) is 5.91 Å². The van der Waals surface area contributed by atoms with Crippen LogP contribution in [0.3, 0.4) is 0 Å². The minimum atomic E-state index is -0.992. The van der Waals surface area contributed by atoms with Crippen LogP contribution in [0.1, 0.15) is 6.42 Å². The molecule has 0 radical (unpaired) electrons. The molecule has 1 amide bonds. The van der Waals surface area contributed by atoms with Gasteiger partial charge in [-0.2, -0.15) is 0 Å². The van der Waals surface area contributed by atoms with Crippen LogP contribution in [0.4, 0.5) is 0 Å². The van der Waals surface area contributed by atoms with Gasteiger partial charge in [-0.05, 0) is 18.2 Å². The van der Waals surface area contributed by atoms with Gasteiger partial charge in [0.1, 0.15) is 5.75 Å². The number of carbonyl (C=O) groups excluding carboxylic acids is 1. The molecule has 6 nitrogen and oxygen atoms in total. The third-order valence-corrected chi connectivity index (χ3v) is 3.30. The second kappa shape index (κ2) is 8.86. The fourth-order valence-corrected chi connectivity index (χ4v) is 2.18. The monoisotopic (exact) mass is 379 g/mol. The van der Waals surface area contributed by atoms with E-state index in [-0.39, 0.29) is 25.5 Å². The van der Waals surface area contributed by atoms with E-state index in [0.29, 0.717) is 10.8 Å². The predicted molar refractivity (Wildman–Crippen MR) is 80.7 cm³/mol. The summed E-state index contributed by atoms with van der Waals surface area (Å²) in [5.74, 6) is -0.987. The molecule has 0 aromatic heterocycles. The van der Waals surface area contributed by atoms with E-state index in [1.165, 1.54) is 7.11 Å². The summed E-state index contributed by atoms with van der Waals surface area (Å²) < 4.78 is 11.0. The summed E-state index contributed by atoms with van der Waals surface area (Å²) in [6, 6.07) is 5.04. The van der Waals surface area contributed by atoms with Crippen molar-refractivity contribution in [2.75, 3.05) is 20.3 Å². The normalized spacial score (nSPS) is 11.8. The number of amides is 1. The number of carboxylic acid groups (broad SMARTS) is 1. The van der Waals surface area contributed by atoms with Crippen molar-refractivity contribution in [1.29, 1.82) is 0 Å².